The van der Waals surface area contributed by atoms with Crippen molar-refractivity contribution in [3.63, 3.8) is 0 Å². The van der Waals surface area contributed by atoms with Crippen molar-refractivity contribution in [1.82, 2.24) is 0 Å². The van der Waals surface area contributed by atoms with E-state index in [0.717, 1.165) is 11.4 Å². The summed E-state index contributed by atoms with van der Waals surface area (Å²) in [5.41, 5.74) is 6.51. The van der Waals surface area contributed by atoms with Crippen LogP contribution in [0.5, 0.6) is 5.75 Å². The monoisotopic (exact) mass is 256 g/mol. The molecule has 1 rings (SSSR count). The van der Waals surface area contributed by atoms with Crippen molar-refractivity contribution in [2.75, 3.05) is 36.7 Å². The summed E-state index contributed by atoms with van der Waals surface area (Å²) in [6.07, 6.45) is 1.97. The first-order valence-corrected chi connectivity index (χ1v) is 6.76. The number of hydrogen-bond donors (Lipinski definition) is 3. The summed E-state index contributed by atoms with van der Waals surface area (Å²) < 4.78 is 5.13. The molecule has 4 N–H and O–H groups in total. The highest BCUT2D eigenvalue weighted by Crippen LogP contribution is 2.25. The van der Waals surface area contributed by atoms with Gasteiger partial charge >= 0.3 is 0 Å². The molecule has 1 aromatic rings. The summed E-state index contributed by atoms with van der Waals surface area (Å²) in [5, 5.41) is 13.2. The van der Waals surface area contributed by atoms with E-state index >= 15 is 0 Å². The van der Waals surface area contributed by atoms with E-state index in [-0.39, 0.29) is 0 Å². The Balaban J connectivity index is 2.68. The Bertz CT molecular complexity index is 370. The van der Waals surface area contributed by atoms with Gasteiger partial charge in [-0.25, -0.2) is 0 Å². The number of hydrogen-bond acceptors (Lipinski definition) is 5. The molecular weight excluding hydrogens is 236 g/mol. The molecule has 0 amide bonds. The molecule has 0 radical (unpaired) electrons. The van der Waals surface area contributed by atoms with Crippen molar-refractivity contribution in [1.29, 1.82) is 0 Å². The Morgan fingerprint density at radius 3 is 2.82 bits per heavy atom. The Hall–Kier alpha value is -1.07. The van der Waals surface area contributed by atoms with Crippen LogP contribution < -0.4 is 15.8 Å². The van der Waals surface area contributed by atoms with Gasteiger partial charge in [0.15, 0.2) is 0 Å². The summed E-state index contributed by atoms with van der Waals surface area (Å²) in [6.45, 7) is 2.25. The second-order valence-corrected chi connectivity index (χ2v) is 5.10. The van der Waals surface area contributed by atoms with Gasteiger partial charge < -0.3 is 20.9 Å². The minimum atomic E-state index is -0.755. The fraction of sp³-hybridized carbons (Fsp3) is 0.500. The Morgan fingerprint density at radius 2 is 2.24 bits per heavy atom. The molecule has 17 heavy (non-hydrogen) atoms. The van der Waals surface area contributed by atoms with E-state index in [2.05, 4.69) is 5.32 Å². The second kappa shape index (κ2) is 6.02. The van der Waals surface area contributed by atoms with Gasteiger partial charge in [-0.05, 0) is 25.3 Å². The van der Waals surface area contributed by atoms with Crippen LogP contribution in [0, 0.1) is 0 Å². The molecule has 4 nitrogen and oxygen atoms in total. The molecule has 5 heteroatoms. The third kappa shape index (κ3) is 4.36. The van der Waals surface area contributed by atoms with E-state index in [0.29, 0.717) is 18.0 Å². The molecule has 1 aromatic carbocycles. The van der Waals surface area contributed by atoms with E-state index in [4.69, 9.17) is 10.5 Å². The minimum absolute atomic E-state index is 0.450. The van der Waals surface area contributed by atoms with E-state index in [1.165, 1.54) is 0 Å². The van der Waals surface area contributed by atoms with Gasteiger partial charge in [0.1, 0.15) is 5.75 Å². The predicted octanol–water partition coefficient (Wildman–Crippen LogP) is 1.80. The van der Waals surface area contributed by atoms with E-state index in [1.54, 1.807) is 37.9 Å². The number of ether oxygens (including phenoxy) is 1. The SMILES string of the molecule is COc1ccc(N)c(NCC(C)(O)CSC)c1. The summed E-state index contributed by atoms with van der Waals surface area (Å²) in [4.78, 5) is 0. The number of nitrogen functional groups attached to an aromatic ring is 1. The van der Waals surface area contributed by atoms with Crippen molar-refractivity contribution >= 4 is 23.1 Å². The molecule has 0 aromatic heterocycles. The number of nitrogens with one attached hydrogen (secondary N) is 1. The van der Waals surface area contributed by atoms with Gasteiger partial charge in [0.05, 0.1) is 24.1 Å². The number of thioether (sulfide) groups is 1. The van der Waals surface area contributed by atoms with Gasteiger partial charge in [0.25, 0.3) is 0 Å². The van der Waals surface area contributed by atoms with Crippen LogP contribution in [0.2, 0.25) is 0 Å². The highest BCUT2D eigenvalue weighted by atomic mass is 32.2. The summed E-state index contributed by atoms with van der Waals surface area (Å²) in [5.74, 6) is 1.41. The summed E-state index contributed by atoms with van der Waals surface area (Å²) >= 11 is 1.61. The molecular formula is C12H20N2O2S. The zero-order valence-corrected chi connectivity index (χ0v) is 11.3. The van der Waals surface area contributed by atoms with E-state index in [1.807, 2.05) is 12.3 Å². The fourth-order valence-corrected chi connectivity index (χ4v) is 2.19. The molecule has 0 aliphatic heterocycles. The lowest BCUT2D eigenvalue weighted by Crippen LogP contribution is -2.36. The van der Waals surface area contributed by atoms with Crippen molar-refractivity contribution in [3.8, 4) is 5.75 Å². The predicted molar refractivity (Wildman–Crippen MR) is 74.9 cm³/mol. The smallest absolute Gasteiger partial charge is 0.121 e. The van der Waals surface area contributed by atoms with Crippen LogP contribution in [0.4, 0.5) is 11.4 Å². The Morgan fingerprint density at radius 1 is 1.53 bits per heavy atom. The van der Waals surface area contributed by atoms with Gasteiger partial charge in [0.2, 0.25) is 0 Å². The zero-order chi connectivity index (χ0) is 12.9. The molecule has 0 heterocycles. The lowest BCUT2D eigenvalue weighted by Gasteiger charge is -2.23. The zero-order valence-electron chi connectivity index (χ0n) is 10.5. The molecule has 0 fully saturated rings. The average Bonchev–Trinajstić information content (AvgIpc) is 2.28. The van der Waals surface area contributed by atoms with Crippen LogP contribution in [-0.2, 0) is 0 Å². The average molecular weight is 256 g/mol. The lowest BCUT2D eigenvalue weighted by molar-refractivity contribution is 0.0997. The van der Waals surface area contributed by atoms with Crippen LogP contribution in [0.25, 0.3) is 0 Å². The van der Waals surface area contributed by atoms with E-state index in [9.17, 15) is 5.11 Å². The van der Waals surface area contributed by atoms with Crippen molar-refractivity contribution in [2.45, 2.75) is 12.5 Å². The first-order valence-electron chi connectivity index (χ1n) is 5.37. The summed E-state index contributed by atoms with van der Waals surface area (Å²) in [6, 6.07) is 5.41. The number of aliphatic hydroxyl groups is 1. The molecule has 0 saturated carbocycles. The number of rotatable bonds is 6. The normalized spacial score (nSPS) is 14.1. The number of nitrogens with two attached hydrogens (primary N) is 1. The third-order valence-corrected chi connectivity index (χ3v) is 3.29. The standard InChI is InChI=1S/C12H20N2O2S/c1-12(15,8-17-3)7-14-11-6-9(16-2)4-5-10(11)13/h4-6,14-15H,7-8,13H2,1-3H3. The molecule has 0 aliphatic carbocycles. The van der Waals surface area contributed by atoms with Crippen LogP contribution in [-0.4, -0.2) is 36.4 Å². The van der Waals surface area contributed by atoms with Gasteiger partial charge in [-0.3, -0.25) is 0 Å². The Labute approximate surface area is 107 Å². The lowest BCUT2D eigenvalue weighted by atomic mass is 10.1. The highest BCUT2D eigenvalue weighted by molar-refractivity contribution is 7.98. The third-order valence-electron chi connectivity index (χ3n) is 2.38. The maximum Gasteiger partial charge on any atom is 0.121 e. The molecule has 1 atom stereocenters. The number of benzene rings is 1. The summed E-state index contributed by atoms with van der Waals surface area (Å²) in [7, 11) is 1.61. The molecule has 0 aliphatic rings. The topological polar surface area (TPSA) is 67.5 Å². The maximum absolute atomic E-state index is 10.0. The Kier molecular flexibility index (Phi) is 4.96. The molecule has 0 bridgehead atoms. The number of methoxy groups -OCH3 is 1. The van der Waals surface area contributed by atoms with Gasteiger partial charge in [-0.2, -0.15) is 11.8 Å². The molecule has 1 unspecified atom stereocenters. The highest BCUT2D eigenvalue weighted by Gasteiger charge is 2.19. The van der Waals surface area contributed by atoms with E-state index < -0.39 is 5.60 Å². The van der Waals surface area contributed by atoms with Gasteiger partial charge in [-0.15, -0.1) is 0 Å². The largest absolute Gasteiger partial charge is 0.497 e. The maximum atomic E-state index is 10.0. The van der Waals surface area contributed by atoms with Crippen LogP contribution >= 0.6 is 11.8 Å². The van der Waals surface area contributed by atoms with Gasteiger partial charge in [0, 0.05) is 18.4 Å². The first kappa shape index (κ1) is 14.0. The quantitative estimate of drug-likeness (QED) is 0.677. The van der Waals surface area contributed by atoms with Crippen LogP contribution in [0.3, 0.4) is 0 Å². The molecule has 0 spiro atoms. The van der Waals surface area contributed by atoms with Crippen molar-refractivity contribution in [3.05, 3.63) is 18.2 Å². The minimum Gasteiger partial charge on any atom is -0.497 e. The first-order chi connectivity index (χ1) is 7.98. The number of anilines is 2. The molecule has 96 valence electrons. The second-order valence-electron chi connectivity index (χ2n) is 4.24. The van der Waals surface area contributed by atoms with Crippen LogP contribution in [0.15, 0.2) is 18.2 Å². The molecule has 0 saturated heterocycles. The van der Waals surface area contributed by atoms with Crippen molar-refractivity contribution < 1.29 is 9.84 Å². The fourth-order valence-electron chi connectivity index (χ4n) is 1.46. The van der Waals surface area contributed by atoms with Crippen LogP contribution in [0.1, 0.15) is 6.92 Å². The van der Waals surface area contributed by atoms with Gasteiger partial charge in [-0.1, -0.05) is 0 Å². The van der Waals surface area contributed by atoms with Crippen molar-refractivity contribution in [2.24, 2.45) is 0 Å².